The Hall–Kier alpha value is -1.49. The van der Waals surface area contributed by atoms with Crippen LogP contribution in [0, 0.1) is 11.3 Å². The number of ether oxygens (including phenoxy) is 1. The van der Waals surface area contributed by atoms with Gasteiger partial charge in [-0.15, -0.1) is 0 Å². The third-order valence-electron chi connectivity index (χ3n) is 3.39. The fraction of sp³-hybridized carbons (Fsp3) is 0.571. The van der Waals surface area contributed by atoms with Gasteiger partial charge in [-0.1, -0.05) is 6.92 Å². The maximum absolute atomic E-state index is 12.6. The van der Waals surface area contributed by atoms with Crippen LogP contribution in [-0.2, 0) is 14.8 Å². The standard InChI is InChI=1S/C14H19N3O3S/c1-2-8-20-13-4-3-7-17(11-13)21(18,19)14-6-5-12(9-15)16-10-14/h5-6,10,13H,2-4,7-8,11H2,1H3. The Labute approximate surface area is 125 Å². The number of pyridine rings is 1. The van der Waals surface area contributed by atoms with Gasteiger partial charge < -0.3 is 4.74 Å². The van der Waals surface area contributed by atoms with Crippen molar-refractivity contribution >= 4 is 10.0 Å². The molecule has 1 saturated heterocycles. The lowest BCUT2D eigenvalue weighted by Gasteiger charge is -2.31. The van der Waals surface area contributed by atoms with Crippen LogP contribution in [-0.4, -0.2) is 43.5 Å². The number of rotatable bonds is 5. The van der Waals surface area contributed by atoms with Gasteiger partial charge in [-0.05, 0) is 31.4 Å². The molecule has 0 amide bonds. The highest BCUT2D eigenvalue weighted by Gasteiger charge is 2.30. The Kier molecular flexibility index (Phi) is 5.28. The molecular weight excluding hydrogens is 290 g/mol. The Morgan fingerprint density at radius 3 is 2.95 bits per heavy atom. The molecule has 0 N–H and O–H groups in total. The minimum Gasteiger partial charge on any atom is -0.377 e. The van der Waals surface area contributed by atoms with Crippen molar-refractivity contribution in [3.63, 3.8) is 0 Å². The number of aromatic nitrogens is 1. The van der Waals surface area contributed by atoms with Crippen LogP contribution in [0.1, 0.15) is 31.9 Å². The van der Waals surface area contributed by atoms with E-state index in [-0.39, 0.29) is 16.7 Å². The summed E-state index contributed by atoms with van der Waals surface area (Å²) < 4.78 is 32.2. The fourth-order valence-corrected chi connectivity index (χ4v) is 3.75. The quantitative estimate of drug-likeness (QED) is 0.823. The maximum Gasteiger partial charge on any atom is 0.244 e. The number of hydrogen-bond acceptors (Lipinski definition) is 5. The van der Waals surface area contributed by atoms with Gasteiger partial charge in [-0.3, -0.25) is 0 Å². The first-order chi connectivity index (χ1) is 10.1. The molecule has 2 heterocycles. The van der Waals surface area contributed by atoms with Gasteiger partial charge in [-0.2, -0.15) is 9.57 Å². The Balaban J connectivity index is 2.12. The predicted molar refractivity (Wildman–Crippen MR) is 77.0 cm³/mol. The second-order valence-electron chi connectivity index (χ2n) is 4.99. The number of sulfonamides is 1. The lowest BCUT2D eigenvalue weighted by Crippen LogP contribution is -2.43. The summed E-state index contributed by atoms with van der Waals surface area (Å²) in [6, 6.07) is 4.72. The van der Waals surface area contributed by atoms with E-state index in [0.29, 0.717) is 19.7 Å². The summed E-state index contributed by atoms with van der Waals surface area (Å²) in [6.45, 7) is 3.55. The molecule has 0 aliphatic carbocycles. The van der Waals surface area contributed by atoms with Gasteiger partial charge in [0.2, 0.25) is 10.0 Å². The molecule has 0 spiro atoms. The van der Waals surface area contributed by atoms with Crippen molar-refractivity contribution in [1.29, 1.82) is 5.26 Å². The van der Waals surface area contributed by atoms with Gasteiger partial charge in [0, 0.05) is 25.9 Å². The van der Waals surface area contributed by atoms with Crippen molar-refractivity contribution in [2.24, 2.45) is 0 Å². The summed E-state index contributed by atoms with van der Waals surface area (Å²) in [5.41, 5.74) is 0.205. The van der Waals surface area contributed by atoms with Crippen LogP contribution in [0.4, 0.5) is 0 Å². The van der Waals surface area contributed by atoms with E-state index in [0.717, 1.165) is 19.3 Å². The molecule has 21 heavy (non-hydrogen) atoms. The van der Waals surface area contributed by atoms with E-state index in [2.05, 4.69) is 4.98 Å². The van der Waals surface area contributed by atoms with Crippen molar-refractivity contribution < 1.29 is 13.2 Å². The summed E-state index contributed by atoms with van der Waals surface area (Å²) >= 11 is 0. The van der Waals surface area contributed by atoms with Crippen LogP contribution in [0.15, 0.2) is 23.2 Å². The molecule has 1 atom stereocenters. The fourth-order valence-electron chi connectivity index (χ4n) is 2.29. The smallest absolute Gasteiger partial charge is 0.244 e. The summed E-state index contributed by atoms with van der Waals surface area (Å²) in [5.74, 6) is 0. The zero-order chi connectivity index (χ0) is 15.3. The van der Waals surface area contributed by atoms with Gasteiger partial charge in [0.05, 0.1) is 6.10 Å². The summed E-state index contributed by atoms with van der Waals surface area (Å²) in [6.07, 6.45) is 3.79. The summed E-state index contributed by atoms with van der Waals surface area (Å²) in [7, 11) is -3.56. The highest BCUT2D eigenvalue weighted by atomic mass is 32.2. The van der Waals surface area contributed by atoms with Crippen LogP contribution < -0.4 is 0 Å². The highest BCUT2D eigenvalue weighted by molar-refractivity contribution is 7.89. The number of piperidine rings is 1. The zero-order valence-electron chi connectivity index (χ0n) is 12.0. The second kappa shape index (κ2) is 6.98. The molecule has 1 aliphatic rings. The zero-order valence-corrected chi connectivity index (χ0v) is 12.8. The van der Waals surface area contributed by atoms with Crippen molar-refractivity contribution in [1.82, 2.24) is 9.29 Å². The molecule has 7 heteroatoms. The first kappa shape index (κ1) is 15.9. The monoisotopic (exact) mass is 309 g/mol. The summed E-state index contributed by atoms with van der Waals surface area (Å²) in [5, 5.41) is 8.71. The molecule has 0 saturated carbocycles. The van der Waals surface area contributed by atoms with Gasteiger partial charge in [0.1, 0.15) is 16.7 Å². The number of nitriles is 1. The molecule has 1 aromatic heterocycles. The predicted octanol–water partition coefficient (Wildman–Crippen LogP) is 1.53. The molecule has 0 radical (unpaired) electrons. The van der Waals surface area contributed by atoms with Crippen LogP contribution in [0.2, 0.25) is 0 Å². The molecule has 114 valence electrons. The minimum atomic E-state index is -3.56. The van der Waals surface area contributed by atoms with E-state index in [9.17, 15) is 8.42 Å². The van der Waals surface area contributed by atoms with Crippen LogP contribution >= 0.6 is 0 Å². The molecule has 2 rings (SSSR count). The van der Waals surface area contributed by atoms with E-state index in [1.54, 1.807) is 0 Å². The van der Waals surface area contributed by atoms with E-state index in [4.69, 9.17) is 10.00 Å². The van der Waals surface area contributed by atoms with Crippen molar-refractivity contribution in [3.8, 4) is 6.07 Å². The van der Waals surface area contributed by atoms with E-state index in [1.807, 2.05) is 13.0 Å². The van der Waals surface area contributed by atoms with Gasteiger partial charge >= 0.3 is 0 Å². The SMILES string of the molecule is CCCOC1CCCN(S(=O)(=O)c2ccc(C#N)nc2)C1. The minimum absolute atomic E-state index is 0.0418. The Morgan fingerprint density at radius 2 is 2.33 bits per heavy atom. The molecule has 0 bridgehead atoms. The normalized spacial score (nSPS) is 20.1. The van der Waals surface area contributed by atoms with Gasteiger partial charge in [0.15, 0.2) is 0 Å². The topological polar surface area (TPSA) is 83.3 Å². The molecule has 1 aromatic rings. The largest absolute Gasteiger partial charge is 0.377 e. The average Bonchev–Trinajstić information content (AvgIpc) is 2.53. The van der Waals surface area contributed by atoms with Crippen molar-refractivity contribution in [3.05, 3.63) is 24.0 Å². The third kappa shape index (κ3) is 3.79. The lowest BCUT2D eigenvalue weighted by atomic mass is 10.1. The lowest BCUT2D eigenvalue weighted by molar-refractivity contribution is 0.0193. The molecule has 1 unspecified atom stereocenters. The Bertz CT molecular complexity index is 607. The van der Waals surface area contributed by atoms with Gasteiger partial charge in [-0.25, -0.2) is 13.4 Å². The number of nitrogens with zero attached hydrogens (tertiary/aromatic N) is 3. The highest BCUT2D eigenvalue weighted by Crippen LogP contribution is 2.21. The average molecular weight is 309 g/mol. The first-order valence-electron chi connectivity index (χ1n) is 7.06. The first-order valence-corrected chi connectivity index (χ1v) is 8.50. The van der Waals surface area contributed by atoms with E-state index < -0.39 is 10.0 Å². The van der Waals surface area contributed by atoms with Gasteiger partial charge in [0.25, 0.3) is 0 Å². The van der Waals surface area contributed by atoms with Crippen LogP contribution in [0.5, 0.6) is 0 Å². The summed E-state index contributed by atoms with van der Waals surface area (Å²) in [4.78, 5) is 3.95. The van der Waals surface area contributed by atoms with Crippen molar-refractivity contribution in [2.45, 2.75) is 37.2 Å². The Morgan fingerprint density at radius 1 is 1.52 bits per heavy atom. The molecule has 6 nitrogen and oxygen atoms in total. The molecule has 1 fully saturated rings. The molecular formula is C14H19N3O3S. The second-order valence-corrected chi connectivity index (χ2v) is 6.93. The third-order valence-corrected chi connectivity index (χ3v) is 5.24. The number of hydrogen-bond donors (Lipinski definition) is 0. The maximum atomic E-state index is 12.6. The van der Waals surface area contributed by atoms with Crippen LogP contribution in [0.3, 0.4) is 0 Å². The molecule has 1 aliphatic heterocycles. The van der Waals surface area contributed by atoms with Crippen LogP contribution in [0.25, 0.3) is 0 Å². The van der Waals surface area contributed by atoms with E-state index >= 15 is 0 Å². The van der Waals surface area contributed by atoms with E-state index in [1.165, 1.54) is 22.6 Å². The molecule has 0 aromatic carbocycles. The van der Waals surface area contributed by atoms with Crippen molar-refractivity contribution in [2.75, 3.05) is 19.7 Å².